The summed E-state index contributed by atoms with van der Waals surface area (Å²) in [6, 6.07) is 0. The van der Waals surface area contributed by atoms with Gasteiger partial charge in [-0.1, -0.05) is 11.6 Å². The highest BCUT2D eigenvalue weighted by molar-refractivity contribution is 6.46. The summed E-state index contributed by atoms with van der Waals surface area (Å²) < 4.78 is 0. The fourth-order valence-corrected chi connectivity index (χ4v) is 3.28. The van der Waals surface area contributed by atoms with Crippen molar-refractivity contribution in [1.82, 2.24) is 0 Å². The Kier molecular flexibility index (Phi) is 4.07. The number of Topliss-reactive ketones (excluding diaryl/α,β-unsaturated/α-hetero) is 3. The summed E-state index contributed by atoms with van der Waals surface area (Å²) in [4.78, 5) is 48.9. The summed E-state index contributed by atoms with van der Waals surface area (Å²) in [5.74, 6) is -1.12. The Bertz CT molecular complexity index is 633. The first-order valence-electron chi connectivity index (χ1n) is 7.64. The van der Waals surface area contributed by atoms with E-state index in [9.17, 15) is 19.2 Å². The molecule has 4 heteroatoms. The van der Waals surface area contributed by atoms with E-state index in [1.54, 1.807) is 20.8 Å². The first-order chi connectivity index (χ1) is 10.1. The third kappa shape index (κ3) is 2.62. The van der Waals surface area contributed by atoms with Gasteiger partial charge in [-0.25, -0.2) is 0 Å². The summed E-state index contributed by atoms with van der Waals surface area (Å²) in [6.07, 6.45) is 4.47. The van der Waals surface area contributed by atoms with E-state index >= 15 is 0 Å². The lowest BCUT2D eigenvalue weighted by Crippen LogP contribution is -2.42. The molecule has 22 heavy (non-hydrogen) atoms. The molecule has 0 amide bonds. The predicted molar refractivity (Wildman–Crippen MR) is 82.2 cm³/mol. The Hall–Kier alpha value is -1.84. The van der Waals surface area contributed by atoms with Crippen molar-refractivity contribution >= 4 is 23.1 Å². The molecule has 0 saturated carbocycles. The normalized spacial score (nSPS) is 28.0. The maximum atomic E-state index is 12.8. The Morgan fingerprint density at radius 2 is 1.68 bits per heavy atom. The van der Waals surface area contributed by atoms with Crippen LogP contribution in [0.15, 0.2) is 23.3 Å². The van der Waals surface area contributed by atoms with Gasteiger partial charge in [0.15, 0.2) is 5.78 Å². The molecule has 0 aromatic heterocycles. The van der Waals surface area contributed by atoms with Gasteiger partial charge in [0.05, 0.1) is 10.8 Å². The van der Waals surface area contributed by atoms with Crippen LogP contribution in [0.25, 0.3) is 0 Å². The third-order valence-corrected chi connectivity index (χ3v) is 4.96. The molecule has 0 aromatic rings. The molecule has 0 N–H and O–H groups in total. The van der Waals surface area contributed by atoms with Gasteiger partial charge >= 0.3 is 0 Å². The molecule has 0 saturated heterocycles. The molecule has 4 nitrogen and oxygen atoms in total. The zero-order valence-electron chi connectivity index (χ0n) is 13.6. The number of hydrogen-bond donors (Lipinski definition) is 0. The van der Waals surface area contributed by atoms with Gasteiger partial charge < -0.3 is 0 Å². The molecular weight excluding hydrogens is 280 g/mol. The summed E-state index contributed by atoms with van der Waals surface area (Å²) >= 11 is 0. The van der Waals surface area contributed by atoms with Crippen molar-refractivity contribution in [2.45, 2.75) is 53.4 Å². The fourth-order valence-electron chi connectivity index (χ4n) is 3.28. The Balaban J connectivity index is 2.39. The van der Waals surface area contributed by atoms with Gasteiger partial charge in [-0.3, -0.25) is 19.2 Å². The Morgan fingerprint density at radius 1 is 1.05 bits per heavy atom. The van der Waals surface area contributed by atoms with Crippen LogP contribution in [0.1, 0.15) is 53.4 Å². The van der Waals surface area contributed by atoms with E-state index in [4.69, 9.17) is 0 Å². The van der Waals surface area contributed by atoms with Gasteiger partial charge in [0.25, 0.3) is 0 Å². The van der Waals surface area contributed by atoms with Crippen molar-refractivity contribution in [3.05, 3.63) is 23.3 Å². The molecule has 118 valence electrons. The lowest BCUT2D eigenvalue weighted by molar-refractivity contribution is -0.141. The quantitative estimate of drug-likeness (QED) is 0.752. The second-order valence-electron chi connectivity index (χ2n) is 7.08. The number of carbonyl (C=O) groups is 4. The molecule has 1 atom stereocenters. The summed E-state index contributed by atoms with van der Waals surface area (Å²) in [6.45, 7) is 6.92. The van der Waals surface area contributed by atoms with Gasteiger partial charge in [-0.15, -0.1) is 0 Å². The fraction of sp³-hybridized carbons (Fsp3) is 0.556. The van der Waals surface area contributed by atoms with Crippen molar-refractivity contribution in [3.8, 4) is 0 Å². The smallest absolute Gasteiger partial charge is 0.226 e. The molecule has 0 radical (unpaired) electrons. The minimum Gasteiger partial charge on any atom is -0.299 e. The summed E-state index contributed by atoms with van der Waals surface area (Å²) in [5, 5.41) is 0. The lowest BCUT2D eigenvalue weighted by Gasteiger charge is -2.34. The maximum absolute atomic E-state index is 12.8. The van der Waals surface area contributed by atoms with Crippen molar-refractivity contribution in [2.24, 2.45) is 10.8 Å². The minimum absolute atomic E-state index is 0.00577. The summed E-state index contributed by atoms with van der Waals surface area (Å²) in [7, 11) is 0. The maximum Gasteiger partial charge on any atom is 0.226 e. The highest BCUT2D eigenvalue weighted by Crippen LogP contribution is 2.40. The van der Waals surface area contributed by atoms with Crippen LogP contribution in [0.4, 0.5) is 0 Å². The van der Waals surface area contributed by atoms with Crippen LogP contribution < -0.4 is 0 Å². The number of carbonyl (C=O) groups excluding carboxylic acids is 4. The first-order valence-corrected chi connectivity index (χ1v) is 7.64. The van der Waals surface area contributed by atoms with Crippen LogP contribution in [0.3, 0.4) is 0 Å². The standard InChI is InChI=1S/C18H22O4/c1-11-5-6-13(20)17(2,3)14(11)15(21)16(22)18(4)9-7-12(19)8-10-18/h7,9H,5-6,8,10H2,1-4H3. The van der Waals surface area contributed by atoms with Crippen LogP contribution in [0.5, 0.6) is 0 Å². The molecule has 0 aromatic carbocycles. The van der Waals surface area contributed by atoms with E-state index in [1.807, 2.05) is 6.92 Å². The van der Waals surface area contributed by atoms with Gasteiger partial charge in [-0.05, 0) is 46.6 Å². The zero-order valence-corrected chi connectivity index (χ0v) is 13.6. The average molecular weight is 302 g/mol. The molecule has 2 aliphatic rings. The average Bonchev–Trinajstić information content (AvgIpc) is 2.45. The topological polar surface area (TPSA) is 68.3 Å². The van der Waals surface area contributed by atoms with E-state index in [1.165, 1.54) is 12.2 Å². The van der Waals surface area contributed by atoms with Crippen molar-refractivity contribution in [1.29, 1.82) is 0 Å². The van der Waals surface area contributed by atoms with E-state index in [0.29, 0.717) is 24.8 Å². The van der Waals surface area contributed by atoms with Crippen LogP contribution in [0, 0.1) is 10.8 Å². The van der Waals surface area contributed by atoms with E-state index in [-0.39, 0.29) is 18.0 Å². The zero-order chi connectivity index (χ0) is 16.7. The molecule has 0 fully saturated rings. The van der Waals surface area contributed by atoms with Gasteiger partial charge in [0, 0.05) is 18.4 Å². The summed E-state index contributed by atoms with van der Waals surface area (Å²) in [5.41, 5.74) is -0.697. The Morgan fingerprint density at radius 3 is 2.23 bits per heavy atom. The Labute approximate surface area is 130 Å². The van der Waals surface area contributed by atoms with Gasteiger partial charge in [0.1, 0.15) is 5.78 Å². The number of allylic oxidation sites excluding steroid dienone is 4. The van der Waals surface area contributed by atoms with Crippen LogP contribution >= 0.6 is 0 Å². The number of hydrogen-bond acceptors (Lipinski definition) is 4. The number of rotatable bonds is 3. The molecule has 1 unspecified atom stereocenters. The van der Waals surface area contributed by atoms with E-state index < -0.39 is 22.4 Å². The molecule has 2 rings (SSSR count). The first kappa shape index (κ1) is 16.5. The van der Waals surface area contributed by atoms with Crippen LogP contribution in [0.2, 0.25) is 0 Å². The lowest BCUT2D eigenvalue weighted by atomic mass is 9.66. The van der Waals surface area contributed by atoms with E-state index in [2.05, 4.69) is 0 Å². The largest absolute Gasteiger partial charge is 0.299 e. The minimum atomic E-state index is -0.950. The molecule has 2 aliphatic carbocycles. The second kappa shape index (κ2) is 5.41. The predicted octanol–water partition coefficient (Wildman–Crippen LogP) is 2.76. The van der Waals surface area contributed by atoms with Crippen LogP contribution in [-0.2, 0) is 19.2 Å². The third-order valence-electron chi connectivity index (χ3n) is 4.96. The molecule has 0 heterocycles. The van der Waals surface area contributed by atoms with Gasteiger partial charge in [-0.2, -0.15) is 0 Å². The van der Waals surface area contributed by atoms with Crippen LogP contribution in [-0.4, -0.2) is 23.1 Å². The molecule has 0 spiro atoms. The van der Waals surface area contributed by atoms with Crippen molar-refractivity contribution < 1.29 is 19.2 Å². The molecule has 0 bridgehead atoms. The second-order valence-corrected chi connectivity index (χ2v) is 7.08. The molecule has 0 aliphatic heterocycles. The number of ketones is 4. The van der Waals surface area contributed by atoms with Crippen molar-refractivity contribution in [3.63, 3.8) is 0 Å². The highest BCUT2D eigenvalue weighted by atomic mass is 16.2. The van der Waals surface area contributed by atoms with Gasteiger partial charge in [0.2, 0.25) is 11.6 Å². The van der Waals surface area contributed by atoms with E-state index in [0.717, 1.165) is 5.57 Å². The SMILES string of the molecule is CC1=C(C(=O)C(=O)C2(C)C=CC(=O)CC2)C(C)(C)C(=O)CC1. The monoisotopic (exact) mass is 302 g/mol. The molecular formula is C18H22O4. The highest BCUT2D eigenvalue weighted by Gasteiger charge is 2.45. The van der Waals surface area contributed by atoms with Crippen molar-refractivity contribution in [2.75, 3.05) is 0 Å².